The summed E-state index contributed by atoms with van der Waals surface area (Å²) in [7, 11) is 1.82. The van der Waals surface area contributed by atoms with E-state index < -0.39 is 0 Å². The van der Waals surface area contributed by atoms with Gasteiger partial charge in [-0.1, -0.05) is 25.2 Å². The maximum atomic E-state index is 12.0. The standard InChI is InChI=1S/C19H35N7O2S/c1-13(2)18(28)16(22-4)9-5-6-11-26(21)12-15(20)8-7-10-17(27)23-19-25-24-14(3)29-19/h12-13,16,22H,5-11,20-21H2,1-4H3,(H,23,25,27)/b15-12-. The van der Waals surface area contributed by atoms with Gasteiger partial charge in [0, 0.05) is 30.8 Å². The number of carbonyl (C=O) groups is 2. The van der Waals surface area contributed by atoms with Crippen molar-refractivity contribution in [1.82, 2.24) is 20.5 Å². The minimum absolute atomic E-state index is 0.0330. The summed E-state index contributed by atoms with van der Waals surface area (Å²) in [6, 6.07) is -0.0999. The van der Waals surface area contributed by atoms with E-state index in [2.05, 4.69) is 20.8 Å². The number of unbranched alkanes of at least 4 members (excludes halogenated alkanes) is 1. The fourth-order valence-electron chi connectivity index (χ4n) is 2.80. The Hall–Kier alpha value is -2.04. The second kappa shape index (κ2) is 13.2. The molecule has 1 amide bonds. The molecule has 1 rings (SSSR count). The van der Waals surface area contributed by atoms with Gasteiger partial charge < -0.3 is 21.4 Å². The van der Waals surface area contributed by atoms with Crippen LogP contribution in [-0.4, -0.2) is 46.5 Å². The van der Waals surface area contributed by atoms with Gasteiger partial charge in [0.05, 0.1) is 6.04 Å². The summed E-state index contributed by atoms with van der Waals surface area (Å²) in [5.41, 5.74) is 6.63. The van der Waals surface area contributed by atoms with Crippen molar-refractivity contribution in [1.29, 1.82) is 0 Å². The largest absolute Gasteiger partial charge is 0.401 e. The number of nitrogens with one attached hydrogen (secondary N) is 2. The summed E-state index contributed by atoms with van der Waals surface area (Å²) in [4.78, 5) is 23.9. The van der Waals surface area contributed by atoms with E-state index >= 15 is 0 Å². The lowest BCUT2D eigenvalue weighted by molar-refractivity contribution is -0.124. The van der Waals surface area contributed by atoms with E-state index in [1.807, 2.05) is 27.8 Å². The first-order chi connectivity index (χ1) is 13.7. The van der Waals surface area contributed by atoms with Crippen molar-refractivity contribution in [2.45, 2.75) is 65.3 Å². The molecule has 0 bridgehead atoms. The van der Waals surface area contributed by atoms with Crippen molar-refractivity contribution < 1.29 is 9.59 Å². The van der Waals surface area contributed by atoms with E-state index in [-0.39, 0.29) is 23.7 Å². The second-order valence-electron chi connectivity index (χ2n) is 7.36. The molecule has 0 spiro atoms. The van der Waals surface area contributed by atoms with Crippen LogP contribution in [0.2, 0.25) is 0 Å². The lowest BCUT2D eigenvalue weighted by Crippen LogP contribution is -2.37. The number of hydrogen-bond acceptors (Lipinski definition) is 9. The minimum Gasteiger partial charge on any atom is -0.401 e. The number of carbonyl (C=O) groups excluding carboxylic acids is 2. The van der Waals surface area contributed by atoms with Gasteiger partial charge in [0.2, 0.25) is 11.0 Å². The molecular formula is C19H35N7O2S. The Morgan fingerprint density at radius 2 is 1.93 bits per heavy atom. The fraction of sp³-hybridized carbons (Fsp3) is 0.684. The number of anilines is 1. The summed E-state index contributed by atoms with van der Waals surface area (Å²) >= 11 is 1.34. The minimum atomic E-state index is -0.103. The maximum Gasteiger partial charge on any atom is 0.226 e. The quantitative estimate of drug-likeness (QED) is 0.201. The smallest absolute Gasteiger partial charge is 0.226 e. The number of Topliss-reactive ketones (excluding diaryl/α,β-unsaturated/α-hetero) is 1. The van der Waals surface area contributed by atoms with Crippen LogP contribution in [0.25, 0.3) is 0 Å². The lowest BCUT2D eigenvalue weighted by Gasteiger charge is -2.18. The molecule has 0 aromatic carbocycles. The number of likely N-dealkylation sites (N-methyl/N-ethyl adjacent to an activating group) is 1. The normalized spacial score (nSPS) is 12.8. The van der Waals surface area contributed by atoms with Crippen LogP contribution in [0, 0.1) is 12.8 Å². The Labute approximate surface area is 177 Å². The monoisotopic (exact) mass is 425 g/mol. The van der Waals surface area contributed by atoms with E-state index in [1.54, 1.807) is 11.2 Å². The van der Waals surface area contributed by atoms with Gasteiger partial charge in [-0.2, -0.15) is 0 Å². The topological polar surface area (TPSA) is 139 Å². The molecule has 0 saturated heterocycles. The Bertz CT molecular complexity index is 675. The number of amides is 1. The van der Waals surface area contributed by atoms with Gasteiger partial charge in [0.25, 0.3) is 0 Å². The van der Waals surface area contributed by atoms with Gasteiger partial charge in [0.1, 0.15) is 5.01 Å². The average Bonchev–Trinajstić information content (AvgIpc) is 3.05. The van der Waals surface area contributed by atoms with Crippen molar-refractivity contribution in [3.63, 3.8) is 0 Å². The molecule has 0 aliphatic heterocycles. The van der Waals surface area contributed by atoms with Gasteiger partial charge in [-0.05, 0) is 46.1 Å². The van der Waals surface area contributed by atoms with Crippen LogP contribution in [0.1, 0.15) is 57.4 Å². The number of aryl methyl sites for hydroxylation is 1. The molecule has 1 unspecified atom stereocenters. The average molecular weight is 426 g/mol. The third kappa shape index (κ3) is 10.3. The van der Waals surface area contributed by atoms with E-state index in [1.165, 1.54) is 11.3 Å². The van der Waals surface area contributed by atoms with Crippen molar-refractivity contribution in [3.8, 4) is 0 Å². The Morgan fingerprint density at radius 1 is 1.21 bits per heavy atom. The maximum absolute atomic E-state index is 12.0. The molecular weight excluding hydrogens is 390 g/mol. The van der Waals surface area contributed by atoms with Crippen molar-refractivity contribution in [3.05, 3.63) is 16.9 Å². The van der Waals surface area contributed by atoms with Crippen LogP contribution in [0.4, 0.5) is 5.13 Å². The van der Waals surface area contributed by atoms with Gasteiger partial charge in [-0.25, -0.2) is 5.84 Å². The molecule has 10 heteroatoms. The summed E-state index contributed by atoms with van der Waals surface area (Å²) < 4.78 is 0. The number of allylic oxidation sites excluding steroid dienone is 1. The van der Waals surface area contributed by atoms with E-state index in [4.69, 9.17) is 11.6 Å². The molecule has 0 aliphatic carbocycles. The Morgan fingerprint density at radius 3 is 2.52 bits per heavy atom. The molecule has 1 heterocycles. The molecule has 0 aliphatic rings. The van der Waals surface area contributed by atoms with Gasteiger partial charge in [0.15, 0.2) is 5.78 Å². The van der Waals surface area contributed by atoms with Crippen LogP contribution in [0.15, 0.2) is 11.9 Å². The first kappa shape index (κ1) is 25.0. The van der Waals surface area contributed by atoms with Crippen molar-refractivity contribution in [2.75, 3.05) is 18.9 Å². The Kier molecular flexibility index (Phi) is 11.4. The predicted molar refractivity (Wildman–Crippen MR) is 117 cm³/mol. The second-order valence-corrected chi connectivity index (χ2v) is 8.55. The first-order valence-electron chi connectivity index (χ1n) is 10.0. The molecule has 29 heavy (non-hydrogen) atoms. The zero-order valence-electron chi connectivity index (χ0n) is 17.9. The summed E-state index contributed by atoms with van der Waals surface area (Å²) in [5, 5.41) is 16.4. The Balaban J connectivity index is 2.21. The SMILES string of the molecule is CNC(CCCCN(N)/C=C(\N)CCCC(=O)Nc1nnc(C)s1)C(=O)C(C)C. The highest BCUT2D eigenvalue weighted by atomic mass is 32.1. The molecule has 6 N–H and O–H groups in total. The highest BCUT2D eigenvalue weighted by molar-refractivity contribution is 7.15. The highest BCUT2D eigenvalue weighted by Crippen LogP contribution is 2.14. The molecule has 0 radical (unpaired) electrons. The van der Waals surface area contributed by atoms with Crippen LogP contribution < -0.4 is 22.2 Å². The summed E-state index contributed by atoms with van der Waals surface area (Å²) in [5.74, 6) is 6.14. The van der Waals surface area contributed by atoms with E-state index in [9.17, 15) is 9.59 Å². The molecule has 0 saturated carbocycles. The van der Waals surface area contributed by atoms with Crippen LogP contribution >= 0.6 is 11.3 Å². The van der Waals surface area contributed by atoms with Gasteiger partial charge >= 0.3 is 0 Å². The number of aromatic nitrogens is 2. The number of hydrazine groups is 1. The van der Waals surface area contributed by atoms with Gasteiger partial charge in [-0.15, -0.1) is 10.2 Å². The molecule has 1 atom stereocenters. The van der Waals surface area contributed by atoms with Crippen molar-refractivity contribution >= 4 is 28.2 Å². The summed E-state index contributed by atoms with van der Waals surface area (Å²) in [6.07, 6.45) is 5.84. The van der Waals surface area contributed by atoms with Crippen LogP contribution in [0.3, 0.4) is 0 Å². The zero-order chi connectivity index (χ0) is 21.8. The fourth-order valence-corrected chi connectivity index (χ4v) is 3.41. The predicted octanol–water partition coefficient (Wildman–Crippen LogP) is 1.91. The molecule has 164 valence electrons. The molecule has 1 aromatic heterocycles. The molecule has 0 fully saturated rings. The molecule has 9 nitrogen and oxygen atoms in total. The van der Waals surface area contributed by atoms with E-state index in [0.29, 0.717) is 36.6 Å². The van der Waals surface area contributed by atoms with Crippen LogP contribution in [0.5, 0.6) is 0 Å². The van der Waals surface area contributed by atoms with Gasteiger partial charge in [-0.3, -0.25) is 9.59 Å². The van der Waals surface area contributed by atoms with Crippen molar-refractivity contribution in [2.24, 2.45) is 17.5 Å². The number of hydrogen-bond donors (Lipinski definition) is 4. The lowest BCUT2D eigenvalue weighted by atomic mass is 9.97. The first-order valence-corrected chi connectivity index (χ1v) is 10.8. The zero-order valence-corrected chi connectivity index (χ0v) is 18.7. The number of nitrogens with zero attached hydrogens (tertiary/aromatic N) is 3. The third-order valence-corrected chi connectivity index (χ3v) is 5.15. The van der Waals surface area contributed by atoms with Crippen LogP contribution in [-0.2, 0) is 9.59 Å². The third-order valence-electron chi connectivity index (χ3n) is 4.39. The number of rotatable bonds is 14. The number of nitrogens with two attached hydrogens (primary N) is 2. The van der Waals surface area contributed by atoms with E-state index in [0.717, 1.165) is 24.3 Å². The number of ketones is 1. The highest BCUT2D eigenvalue weighted by Gasteiger charge is 2.18. The summed E-state index contributed by atoms with van der Waals surface area (Å²) in [6.45, 7) is 6.33. The molecule has 1 aromatic rings.